The third kappa shape index (κ3) is 5.84. The number of ether oxygens (including phenoxy) is 1. The quantitative estimate of drug-likeness (QED) is 0.692. The number of hydrogen-bond acceptors (Lipinski definition) is 6. The fourth-order valence-corrected chi connectivity index (χ4v) is 2.05. The summed E-state index contributed by atoms with van der Waals surface area (Å²) in [6.45, 7) is 3.06. The minimum Gasteiger partial charge on any atom is -0.383 e. The zero-order valence-electron chi connectivity index (χ0n) is 14.0. The lowest BCUT2D eigenvalue weighted by Gasteiger charge is -2.13. The number of aromatic nitrogens is 2. The largest absolute Gasteiger partial charge is 0.383 e. The van der Waals surface area contributed by atoms with Gasteiger partial charge in [0.25, 0.3) is 0 Å². The monoisotopic (exact) mass is 315 g/mol. The van der Waals surface area contributed by atoms with Crippen molar-refractivity contribution in [2.45, 2.75) is 0 Å². The Bertz CT molecular complexity index is 589. The van der Waals surface area contributed by atoms with E-state index in [0.29, 0.717) is 19.1 Å². The molecule has 2 aromatic rings. The van der Waals surface area contributed by atoms with E-state index in [-0.39, 0.29) is 0 Å². The number of benzene rings is 1. The molecule has 2 N–H and O–H groups in total. The highest BCUT2D eigenvalue weighted by Crippen LogP contribution is 2.21. The maximum absolute atomic E-state index is 5.06. The number of hydrogen-bond donors (Lipinski definition) is 2. The number of anilines is 2. The van der Waals surface area contributed by atoms with Crippen LogP contribution < -0.4 is 10.6 Å². The van der Waals surface area contributed by atoms with Gasteiger partial charge in [-0.1, -0.05) is 30.3 Å². The first-order valence-electron chi connectivity index (χ1n) is 7.75. The van der Waals surface area contributed by atoms with Crippen LogP contribution in [-0.2, 0) is 4.74 Å². The first kappa shape index (κ1) is 17.2. The molecule has 0 aliphatic heterocycles. The molecule has 124 valence electrons. The van der Waals surface area contributed by atoms with Crippen LogP contribution in [-0.4, -0.2) is 62.3 Å². The van der Waals surface area contributed by atoms with Crippen LogP contribution in [0.5, 0.6) is 0 Å². The maximum Gasteiger partial charge on any atom is 0.225 e. The molecule has 1 aromatic heterocycles. The second kappa shape index (κ2) is 9.07. The molecule has 6 heteroatoms. The second-order valence-corrected chi connectivity index (χ2v) is 5.48. The SMILES string of the molecule is COCCNc1nc(NCCN(C)C)cc(-c2ccccc2)n1. The van der Waals surface area contributed by atoms with E-state index in [0.717, 1.165) is 30.2 Å². The van der Waals surface area contributed by atoms with E-state index in [4.69, 9.17) is 4.74 Å². The molecule has 0 aliphatic rings. The van der Waals surface area contributed by atoms with Crippen molar-refractivity contribution in [1.82, 2.24) is 14.9 Å². The van der Waals surface area contributed by atoms with Crippen LogP contribution in [0.25, 0.3) is 11.3 Å². The third-order valence-corrected chi connectivity index (χ3v) is 3.25. The lowest BCUT2D eigenvalue weighted by Crippen LogP contribution is -2.21. The van der Waals surface area contributed by atoms with Gasteiger partial charge in [0.1, 0.15) is 5.82 Å². The molecular formula is C17H25N5O. The van der Waals surface area contributed by atoms with Gasteiger partial charge in [-0.25, -0.2) is 4.98 Å². The summed E-state index contributed by atoms with van der Waals surface area (Å²) in [6.07, 6.45) is 0. The Kier molecular flexibility index (Phi) is 6.77. The van der Waals surface area contributed by atoms with E-state index < -0.39 is 0 Å². The van der Waals surface area contributed by atoms with Crippen molar-refractivity contribution in [1.29, 1.82) is 0 Å². The first-order valence-corrected chi connectivity index (χ1v) is 7.75. The van der Waals surface area contributed by atoms with Crippen molar-refractivity contribution in [3.63, 3.8) is 0 Å². The zero-order chi connectivity index (χ0) is 16.5. The summed E-state index contributed by atoms with van der Waals surface area (Å²) < 4.78 is 5.06. The van der Waals surface area contributed by atoms with Gasteiger partial charge < -0.3 is 20.3 Å². The van der Waals surface area contributed by atoms with Crippen LogP contribution in [0.2, 0.25) is 0 Å². The van der Waals surface area contributed by atoms with Gasteiger partial charge >= 0.3 is 0 Å². The van der Waals surface area contributed by atoms with E-state index in [1.807, 2.05) is 36.4 Å². The Morgan fingerprint density at radius 3 is 2.52 bits per heavy atom. The van der Waals surface area contributed by atoms with Gasteiger partial charge in [0.15, 0.2) is 0 Å². The minimum absolute atomic E-state index is 0.607. The molecule has 1 aromatic carbocycles. The normalized spacial score (nSPS) is 10.8. The molecule has 6 nitrogen and oxygen atoms in total. The molecule has 0 saturated carbocycles. The molecule has 0 spiro atoms. The summed E-state index contributed by atoms with van der Waals surface area (Å²) >= 11 is 0. The van der Waals surface area contributed by atoms with Gasteiger partial charge in [0, 0.05) is 38.4 Å². The summed E-state index contributed by atoms with van der Waals surface area (Å²) in [5, 5.41) is 6.55. The van der Waals surface area contributed by atoms with Crippen molar-refractivity contribution in [2.75, 3.05) is 58.1 Å². The molecule has 0 atom stereocenters. The summed E-state index contributed by atoms with van der Waals surface area (Å²) in [5.41, 5.74) is 1.97. The lowest BCUT2D eigenvalue weighted by molar-refractivity contribution is 0.210. The fourth-order valence-electron chi connectivity index (χ4n) is 2.05. The van der Waals surface area contributed by atoms with E-state index in [9.17, 15) is 0 Å². The third-order valence-electron chi connectivity index (χ3n) is 3.25. The Hall–Kier alpha value is -2.18. The zero-order valence-corrected chi connectivity index (χ0v) is 14.0. The Balaban J connectivity index is 2.17. The maximum atomic E-state index is 5.06. The predicted molar refractivity (Wildman–Crippen MR) is 94.9 cm³/mol. The Morgan fingerprint density at radius 2 is 1.83 bits per heavy atom. The van der Waals surface area contributed by atoms with Crippen LogP contribution in [0.15, 0.2) is 36.4 Å². The Labute approximate surface area is 137 Å². The molecule has 0 aliphatic carbocycles. The molecule has 0 fully saturated rings. The smallest absolute Gasteiger partial charge is 0.225 e. The van der Waals surface area contributed by atoms with Crippen LogP contribution in [0.3, 0.4) is 0 Å². The van der Waals surface area contributed by atoms with Crippen molar-refractivity contribution < 1.29 is 4.74 Å². The van der Waals surface area contributed by atoms with Crippen LogP contribution in [0.1, 0.15) is 0 Å². The number of nitrogens with one attached hydrogen (secondary N) is 2. The molecule has 0 amide bonds. The number of likely N-dealkylation sites (N-methyl/N-ethyl adjacent to an activating group) is 1. The standard InChI is InChI=1S/C17H25N5O/c1-22(2)11-9-18-16-13-15(14-7-5-4-6-8-14)20-17(21-16)19-10-12-23-3/h4-8,13H,9-12H2,1-3H3,(H2,18,19,20,21). The van der Waals surface area contributed by atoms with E-state index in [2.05, 4.69) is 39.6 Å². The molecule has 0 radical (unpaired) electrons. The summed E-state index contributed by atoms with van der Waals surface area (Å²) in [4.78, 5) is 11.2. The lowest BCUT2D eigenvalue weighted by atomic mass is 10.1. The first-order chi connectivity index (χ1) is 11.2. The average molecular weight is 315 g/mol. The highest BCUT2D eigenvalue weighted by atomic mass is 16.5. The van der Waals surface area contributed by atoms with Gasteiger partial charge in [-0.2, -0.15) is 4.98 Å². The van der Waals surface area contributed by atoms with Crippen LogP contribution in [0, 0.1) is 0 Å². The van der Waals surface area contributed by atoms with E-state index in [1.165, 1.54) is 0 Å². The molecular weight excluding hydrogens is 290 g/mol. The highest BCUT2D eigenvalue weighted by Gasteiger charge is 2.06. The van der Waals surface area contributed by atoms with Crippen molar-refractivity contribution in [3.05, 3.63) is 36.4 Å². The second-order valence-electron chi connectivity index (χ2n) is 5.48. The van der Waals surface area contributed by atoms with Crippen LogP contribution >= 0.6 is 0 Å². The summed E-state index contributed by atoms with van der Waals surface area (Å²) in [6, 6.07) is 12.1. The van der Waals surface area contributed by atoms with E-state index >= 15 is 0 Å². The topological polar surface area (TPSA) is 62.3 Å². The van der Waals surface area contributed by atoms with Crippen molar-refractivity contribution >= 4 is 11.8 Å². The minimum atomic E-state index is 0.607. The van der Waals surface area contributed by atoms with Gasteiger partial charge in [-0.3, -0.25) is 0 Å². The molecule has 23 heavy (non-hydrogen) atoms. The van der Waals surface area contributed by atoms with Gasteiger partial charge in [0.2, 0.25) is 5.95 Å². The highest BCUT2D eigenvalue weighted by molar-refractivity contribution is 5.64. The van der Waals surface area contributed by atoms with Gasteiger partial charge in [0.05, 0.1) is 12.3 Å². The number of methoxy groups -OCH3 is 1. The van der Waals surface area contributed by atoms with Crippen molar-refractivity contribution in [3.8, 4) is 11.3 Å². The van der Waals surface area contributed by atoms with Crippen molar-refractivity contribution in [2.24, 2.45) is 0 Å². The van der Waals surface area contributed by atoms with Gasteiger partial charge in [-0.15, -0.1) is 0 Å². The molecule has 1 heterocycles. The molecule has 2 rings (SSSR count). The summed E-state index contributed by atoms with van der Waals surface area (Å²) in [7, 11) is 5.78. The number of nitrogens with zero attached hydrogens (tertiary/aromatic N) is 3. The van der Waals surface area contributed by atoms with Crippen LogP contribution in [0.4, 0.5) is 11.8 Å². The van der Waals surface area contributed by atoms with Gasteiger partial charge in [-0.05, 0) is 14.1 Å². The number of rotatable bonds is 9. The Morgan fingerprint density at radius 1 is 1.04 bits per heavy atom. The fraction of sp³-hybridized carbons (Fsp3) is 0.412. The molecule has 0 saturated heterocycles. The molecule has 0 bridgehead atoms. The molecule has 0 unspecified atom stereocenters. The summed E-state index contributed by atoms with van der Waals surface area (Å²) in [5.74, 6) is 1.43. The average Bonchev–Trinajstić information content (AvgIpc) is 2.55. The van der Waals surface area contributed by atoms with E-state index in [1.54, 1.807) is 7.11 Å². The predicted octanol–water partition coefficient (Wildman–Crippen LogP) is 2.18.